The topological polar surface area (TPSA) is 50.4 Å². The summed E-state index contributed by atoms with van der Waals surface area (Å²) < 4.78 is 5.41. The first-order valence-electron chi connectivity index (χ1n) is 6.91. The Hall–Kier alpha value is -1.71. The Bertz CT molecular complexity index is 393. The van der Waals surface area contributed by atoms with Gasteiger partial charge in [-0.05, 0) is 32.4 Å². The van der Waals surface area contributed by atoms with Crippen LogP contribution in [-0.2, 0) is 4.79 Å². The summed E-state index contributed by atoms with van der Waals surface area (Å²) in [5.74, 6) is 0.829. The summed E-state index contributed by atoms with van der Waals surface area (Å²) in [6.45, 7) is 7.00. The van der Waals surface area contributed by atoms with Crippen LogP contribution >= 0.6 is 0 Å². The number of ether oxygens (including phenoxy) is 1. The standard InChI is InChI=1S/C15H24N2O2/c1-4-7-12(3)17-15(18)11-16-13-8-6-9-14(10-13)19-5-2/h6,8-10,12,16H,4-5,7,11H2,1-3H3,(H,17,18). The van der Waals surface area contributed by atoms with Crippen molar-refractivity contribution in [1.29, 1.82) is 0 Å². The summed E-state index contributed by atoms with van der Waals surface area (Å²) in [5.41, 5.74) is 0.893. The number of carbonyl (C=O) groups is 1. The lowest BCUT2D eigenvalue weighted by molar-refractivity contribution is -0.120. The molecular formula is C15H24N2O2. The van der Waals surface area contributed by atoms with Crippen LogP contribution in [0.1, 0.15) is 33.6 Å². The van der Waals surface area contributed by atoms with Gasteiger partial charge >= 0.3 is 0 Å². The Morgan fingerprint density at radius 3 is 2.84 bits per heavy atom. The normalized spacial score (nSPS) is 11.7. The molecule has 1 atom stereocenters. The van der Waals surface area contributed by atoms with Gasteiger partial charge in [-0.15, -0.1) is 0 Å². The second-order valence-electron chi connectivity index (χ2n) is 4.57. The maximum atomic E-state index is 11.7. The van der Waals surface area contributed by atoms with E-state index >= 15 is 0 Å². The molecular weight excluding hydrogens is 240 g/mol. The molecule has 0 aromatic heterocycles. The van der Waals surface area contributed by atoms with Crippen molar-refractivity contribution in [2.45, 2.75) is 39.7 Å². The second kappa shape index (κ2) is 8.40. The Morgan fingerprint density at radius 1 is 1.37 bits per heavy atom. The smallest absolute Gasteiger partial charge is 0.239 e. The molecule has 0 saturated carbocycles. The molecule has 2 N–H and O–H groups in total. The molecule has 0 aliphatic heterocycles. The van der Waals surface area contributed by atoms with Crippen molar-refractivity contribution in [1.82, 2.24) is 5.32 Å². The average molecular weight is 264 g/mol. The molecule has 1 aromatic carbocycles. The minimum atomic E-state index is 0.0164. The number of carbonyl (C=O) groups excluding carboxylic acids is 1. The van der Waals surface area contributed by atoms with Gasteiger partial charge in [0.25, 0.3) is 0 Å². The summed E-state index contributed by atoms with van der Waals surface area (Å²) in [7, 11) is 0. The number of hydrogen-bond donors (Lipinski definition) is 2. The minimum absolute atomic E-state index is 0.0164. The molecule has 0 radical (unpaired) electrons. The fourth-order valence-corrected chi connectivity index (χ4v) is 1.88. The summed E-state index contributed by atoms with van der Waals surface area (Å²) in [6, 6.07) is 7.86. The van der Waals surface area contributed by atoms with Crippen LogP contribution in [0.3, 0.4) is 0 Å². The zero-order valence-corrected chi connectivity index (χ0v) is 12.0. The first-order valence-corrected chi connectivity index (χ1v) is 6.91. The van der Waals surface area contributed by atoms with E-state index in [-0.39, 0.29) is 18.5 Å². The zero-order chi connectivity index (χ0) is 14.1. The third-order valence-corrected chi connectivity index (χ3v) is 2.73. The molecule has 1 aromatic rings. The molecule has 1 rings (SSSR count). The lowest BCUT2D eigenvalue weighted by Gasteiger charge is -2.14. The Balaban J connectivity index is 2.39. The second-order valence-corrected chi connectivity index (χ2v) is 4.57. The number of anilines is 1. The minimum Gasteiger partial charge on any atom is -0.494 e. The molecule has 19 heavy (non-hydrogen) atoms. The van der Waals surface area contributed by atoms with E-state index in [1.807, 2.05) is 38.1 Å². The van der Waals surface area contributed by atoms with Gasteiger partial charge in [0.15, 0.2) is 0 Å². The number of amides is 1. The van der Waals surface area contributed by atoms with Crippen molar-refractivity contribution in [3.63, 3.8) is 0 Å². The van der Waals surface area contributed by atoms with Crippen molar-refractivity contribution in [2.75, 3.05) is 18.5 Å². The van der Waals surface area contributed by atoms with Crippen LogP contribution in [0.5, 0.6) is 5.75 Å². The average Bonchev–Trinajstić information content (AvgIpc) is 2.37. The lowest BCUT2D eigenvalue weighted by atomic mass is 10.2. The van der Waals surface area contributed by atoms with Crippen LogP contribution in [-0.4, -0.2) is 25.1 Å². The van der Waals surface area contributed by atoms with Gasteiger partial charge < -0.3 is 15.4 Å². The summed E-state index contributed by atoms with van der Waals surface area (Å²) in [6.07, 6.45) is 2.08. The van der Waals surface area contributed by atoms with Gasteiger partial charge in [-0.1, -0.05) is 19.4 Å². The van der Waals surface area contributed by atoms with Crippen molar-refractivity contribution in [3.8, 4) is 5.75 Å². The van der Waals surface area contributed by atoms with E-state index in [4.69, 9.17) is 4.74 Å². The number of benzene rings is 1. The highest BCUT2D eigenvalue weighted by atomic mass is 16.5. The lowest BCUT2D eigenvalue weighted by Crippen LogP contribution is -2.36. The largest absolute Gasteiger partial charge is 0.494 e. The Morgan fingerprint density at radius 2 is 2.16 bits per heavy atom. The monoisotopic (exact) mass is 264 g/mol. The van der Waals surface area contributed by atoms with Crippen LogP contribution in [0, 0.1) is 0 Å². The molecule has 0 aliphatic rings. The SMILES string of the molecule is CCCC(C)NC(=O)CNc1cccc(OCC)c1. The van der Waals surface area contributed by atoms with Crippen LogP contribution < -0.4 is 15.4 Å². The van der Waals surface area contributed by atoms with Crippen LogP contribution in [0.2, 0.25) is 0 Å². The predicted octanol–water partition coefficient (Wildman–Crippen LogP) is 2.80. The quantitative estimate of drug-likeness (QED) is 0.759. The van der Waals surface area contributed by atoms with E-state index in [1.165, 1.54) is 0 Å². The van der Waals surface area contributed by atoms with Gasteiger partial charge in [0.2, 0.25) is 5.91 Å². The molecule has 0 bridgehead atoms. The fraction of sp³-hybridized carbons (Fsp3) is 0.533. The molecule has 0 spiro atoms. The van der Waals surface area contributed by atoms with Crippen LogP contribution in [0.25, 0.3) is 0 Å². The van der Waals surface area contributed by atoms with Gasteiger partial charge in [-0.2, -0.15) is 0 Å². The first-order chi connectivity index (χ1) is 9.15. The van der Waals surface area contributed by atoms with Gasteiger partial charge in [-0.3, -0.25) is 4.79 Å². The zero-order valence-electron chi connectivity index (χ0n) is 12.0. The highest BCUT2D eigenvalue weighted by Crippen LogP contribution is 2.16. The predicted molar refractivity (Wildman–Crippen MR) is 78.6 cm³/mol. The van der Waals surface area contributed by atoms with Gasteiger partial charge in [-0.25, -0.2) is 0 Å². The molecule has 0 saturated heterocycles. The Labute approximate surface area is 115 Å². The maximum Gasteiger partial charge on any atom is 0.239 e. The van der Waals surface area contributed by atoms with Crippen molar-refractivity contribution < 1.29 is 9.53 Å². The van der Waals surface area contributed by atoms with E-state index in [0.29, 0.717) is 6.61 Å². The molecule has 0 fully saturated rings. The van der Waals surface area contributed by atoms with E-state index in [2.05, 4.69) is 17.6 Å². The number of rotatable bonds is 8. The molecule has 4 heteroatoms. The summed E-state index contributed by atoms with van der Waals surface area (Å²) >= 11 is 0. The molecule has 1 unspecified atom stereocenters. The highest BCUT2D eigenvalue weighted by molar-refractivity contribution is 5.81. The Kier molecular flexibility index (Phi) is 6.79. The number of hydrogen-bond acceptors (Lipinski definition) is 3. The first kappa shape index (κ1) is 15.3. The summed E-state index contributed by atoms with van der Waals surface area (Å²) in [4.78, 5) is 11.7. The molecule has 0 heterocycles. The van der Waals surface area contributed by atoms with E-state index in [0.717, 1.165) is 24.3 Å². The fourth-order valence-electron chi connectivity index (χ4n) is 1.88. The van der Waals surface area contributed by atoms with Crippen LogP contribution in [0.4, 0.5) is 5.69 Å². The maximum absolute atomic E-state index is 11.7. The van der Waals surface area contributed by atoms with Crippen molar-refractivity contribution in [3.05, 3.63) is 24.3 Å². The van der Waals surface area contributed by atoms with E-state index in [9.17, 15) is 4.79 Å². The molecule has 106 valence electrons. The third-order valence-electron chi connectivity index (χ3n) is 2.73. The van der Waals surface area contributed by atoms with Crippen molar-refractivity contribution >= 4 is 11.6 Å². The van der Waals surface area contributed by atoms with E-state index < -0.39 is 0 Å². The molecule has 0 aliphatic carbocycles. The number of nitrogens with one attached hydrogen (secondary N) is 2. The van der Waals surface area contributed by atoms with Gasteiger partial charge in [0.1, 0.15) is 5.75 Å². The van der Waals surface area contributed by atoms with Gasteiger partial charge in [0.05, 0.1) is 13.2 Å². The highest BCUT2D eigenvalue weighted by Gasteiger charge is 2.06. The van der Waals surface area contributed by atoms with E-state index in [1.54, 1.807) is 0 Å². The summed E-state index contributed by atoms with van der Waals surface area (Å²) in [5, 5.41) is 6.06. The van der Waals surface area contributed by atoms with Crippen LogP contribution in [0.15, 0.2) is 24.3 Å². The molecule has 4 nitrogen and oxygen atoms in total. The van der Waals surface area contributed by atoms with Crippen molar-refractivity contribution in [2.24, 2.45) is 0 Å². The third kappa shape index (κ3) is 6.13. The van der Waals surface area contributed by atoms with Gasteiger partial charge in [0, 0.05) is 17.8 Å². The molecule has 1 amide bonds.